The number of ether oxygens (including phenoxy) is 1. The third kappa shape index (κ3) is 2.86. The molecule has 0 aromatic heterocycles. The molecule has 19 heavy (non-hydrogen) atoms. The number of carbonyl (C=O) groups excluding carboxylic acids is 1. The number of carboxylic acid groups (broad SMARTS) is 1. The number of fused-ring (bicyclic) bond motifs is 1. The molecule has 1 aromatic rings. The van der Waals surface area contributed by atoms with Gasteiger partial charge in [0.05, 0.1) is 11.3 Å². The maximum absolute atomic E-state index is 12.0. The summed E-state index contributed by atoms with van der Waals surface area (Å²) < 4.78 is 5.33. The smallest absolute Gasteiger partial charge is 0.414 e. The zero-order valence-electron chi connectivity index (χ0n) is 11.3. The highest BCUT2D eigenvalue weighted by Gasteiger charge is 2.29. The molecule has 0 atom stereocenters. The van der Waals surface area contributed by atoms with Gasteiger partial charge in [0.2, 0.25) is 0 Å². The van der Waals surface area contributed by atoms with Crippen LogP contribution in [0.3, 0.4) is 0 Å². The maximum atomic E-state index is 12.0. The molecule has 1 amide bonds. The van der Waals surface area contributed by atoms with Crippen molar-refractivity contribution < 1.29 is 19.4 Å². The third-order valence-electron chi connectivity index (χ3n) is 2.84. The van der Waals surface area contributed by atoms with Crippen molar-refractivity contribution >= 4 is 17.7 Å². The second-order valence-corrected chi connectivity index (χ2v) is 5.53. The maximum Gasteiger partial charge on any atom is 0.414 e. The Hall–Kier alpha value is -2.04. The van der Waals surface area contributed by atoms with Crippen molar-refractivity contribution in [1.29, 1.82) is 0 Å². The van der Waals surface area contributed by atoms with Crippen LogP contribution in [0.4, 0.5) is 10.5 Å². The average molecular weight is 263 g/mol. The molecule has 0 radical (unpaired) electrons. The van der Waals surface area contributed by atoms with E-state index in [9.17, 15) is 9.59 Å². The number of hydrogen-bond acceptors (Lipinski definition) is 3. The molecule has 5 heteroatoms. The number of carbonyl (C=O) groups is 2. The van der Waals surface area contributed by atoms with Crippen LogP contribution in [0, 0.1) is 0 Å². The molecule has 0 unspecified atom stereocenters. The highest BCUT2D eigenvalue weighted by Crippen LogP contribution is 2.30. The van der Waals surface area contributed by atoms with Crippen molar-refractivity contribution in [3.8, 4) is 0 Å². The predicted molar refractivity (Wildman–Crippen MR) is 70.7 cm³/mol. The third-order valence-corrected chi connectivity index (χ3v) is 2.84. The lowest BCUT2D eigenvalue weighted by atomic mass is 10.1. The fourth-order valence-corrected chi connectivity index (χ4v) is 2.04. The summed E-state index contributed by atoms with van der Waals surface area (Å²) in [6, 6.07) is 4.78. The van der Waals surface area contributed by atoms with Gasteiger partial charge in [0, 0.05) is 6.54 Å². The van der Waals surface area contributed by atoms with E-state index in [1.807, 2.05) is 20.8 Å². The first kappa shape index (κ1) is 13.4. The second-order valence-electron chi connectivity index (χ2n) is 5.53. The molecule has 0 aliphatic carbocycles. The Morgan fingerprint density at radius 3 is 2.58 bits per heavy atom. The monoisotopic (exact) mass is 263 g/mol. The molecule has 1 aliphatic heterocycles. The molecular formula is C14H17NO4. The van der Waals surface area contributed by atoms with Crippen LogP contribution >= 0.6 is 0 Å². The van der Waals surface area contributed by atoms with Crippen molar-refractivity contribution in [2.45, 2.75) is 32.8 Å². The lowest BCUT2D eigenvalue weighted by Crippen LogP contribution is -2.35. The van der Waals surface area contributed by atoms with Crippen LogP contribution in [0.5, 0.6) is 0 Å². The molecule has 0 fully saturated rings. The Kier molecular flexibility index (Phi) is 3.22. The Morgan fingerprint density at radius 1 is 1.32 bits per heavy atom. The van der Waals surface area contributed by atoms with Crippen molar-refractivity contribution in [2.75, 3.05) is 11.4 Å². The van der Waals surface area contributed by atoms with Crippen molar-refractivity contribution in [2.24, 2.45) is 0 Å². The summed E-state index contributed by atoms with van der Waals surface area (Å²) in [6.07, 6.45) is 0.254. The van der Waals surface area contributed by atoms with Crippen LogP contribution in [0.25, 0.3) is 0 Å². The predicted octanol–water partition coefficient (Wildman–Crippen LogP) is 2.68. The summed E-state index contributed by atoms with van der Waals surface area (Å²) in [5.41, 5.74) is 1.30. The minimum absolute atomic E-state index is 0.241. The van der Waals surface area contributed by atoms with Gasteiger partial charge in [-0.3, -0.25) is 4.90 Å². The summed E-state index contributed by atoms with van der Waals surface area (Å²) in [6.45, 7) is 5.97. The zero-order chi connectivity index (χ0) is 14.2. The SMILES string of the molecule is CC(C)(C)OC(=O)N1CCc2cc(C(=O)O)ccc21. The van der Waals surface area contributed by atoms with E-state index in [0.29, 0.717) is 13.0 Å². The van der Waals surface area contributed by atoms with E-state index in [4.69, 9.17) is 9.84 Å². The lowest BCUT2D eigenvalue weighted by Gasteiger charge is -2.24. The number of hydrogen-bond donors (Lipinski definition) is 1. The van der Waals surface area contributed by atoms with Gasteiger partial charge < -0.3 is 9.84 Å². The van der Waals surface area contributed by atoms with E-state index >= 15 is 0 Å². The minimum Gasteiger partial charge on any atom is -0.478 e. The summed E-state index contributed by atoms with van der Waals surface area (Å²) >= 11 is 0. The van der Waals surface area contributed by atoms with Crippen molar-refractivity contribution in [1.82, 2.24) is 0 Å². The molecular weight excluding hydrogens is 246 g/mol. The number of nitrogens with zero attached hydrogens (tertiary/aromatic N) is 1. The highest BCUT2D eigenvalue weighted by molar-refractivity contribution is 5.93. The summed E-state index contributed by atoms with van der Waals surface area (Å²) in [5.74, 6) is -0.960. The van der Waals surface area contributed by atoms with E-state index in [0.717, 1.165) is 11.3 Å². The number of anilines is 1. The van der Waals surface area contributed by atoms with Crippen LogP contribution in [0.1, 0.15) is 36.7 Å². The Morgan fingerprint density at radius 2 is 2.00 bits per heavy atom. The molecule has 0 spiro atoms. The van der Waals surface area contributed by atoms with E-state index in [2.05, 4.69) is 0 Å². The molecule has 2 rings (SSSR count). The summed E-state index contributed by atoms with van der Waals surface area (Å²) in [4.78, 5) is 24.5. The van der Waals surface area contributed by atoms with E-state index in [-0.39, 0.29) is 5.56 Å². The largest absolute Gasteiger partial charge is 0.478 e. The standard InChI is InChI=1S/C14H17NO4/c1-14(2,3)19-13(18)15-7-6-9-8-10(12(16)17)4-5-11(9)15/h4-5,8H,6-7H2,1-3H3,(H,16,17). The average Bonchev–Trinajstić information content (AvgIpc) is 2.68. The van der Waals surface area contributed by atoms with E-state index in [1.165, 1.54) is 6.07 Å². The molecule has 5 nitrogen and oxygen atoms in total. The first-order chi connectivity index (χ1) is 8.78. The molecule has 0 bridgehead atoms. The summed E-state index contributed by atoms with van der Waals surface area (Å²) in [7, 11) is 0. The highest BCUT2D eigenvalue weighted by atomic mass is 16.6. The normalized spacial score (nSPS) is 14.2. The summed E-state index contributed by atoms with van der Waals surface area (Å²) in [5, 5.41) is 8.94. The molecule has 102 valence electrons. The van der Waals surface area contributed by atoms with Gasteiger partial charge in [-0.25, -0.2) is 9.59 Å². The van der Waals surface area contributed by atoms with Crippen LogP contribution in [-0.2, 0) is 11.2 Å². The van der Waals surface area contributed by atoms with Gasteiger partial charge in [-0.15, -0.1) is 0 Å². The molecule has 0 saturated heterocycles. The first-order valence-corrected chi connectivity index (χ1v) is 6.15. The van der Waals surface area contributed by atoms with Crippen LogP contribution < -0.4 is 4.90 Å². The van der Waals surface area contributed by atoms with Gasteiger partial charge in [-0.05, 0) is 51.0 Å². The molecule has 1 aromatic carbocycles. The van der Waals surface area contributed by atoms with E-state index in [1.54, 1.807) is 17.0 Å². The molecule has 0 saturated carbocycles. The number of amides is 1. The first-order valence-electron chi connectivity index (χ1n) is 6.15. The molecule has 1 heterocycles. The second kappa shape index (κ2) is 4.57. The van der Waals surface area contributed by atoms with Crippen LogP contribution in [0.2, 0.25) is 0 Å². The van der Waals surface area contributed by atoms with Gasteiger partial charge in [0.15, 0.2) is 0 Å². The van der Waals surface area contributed by atoms with Gasteiger partial charge in [0.1, 0.15) is 5.60 Å². The van der Waals surface area contributed by atoms with Gasteiger partial charge in [-0.1, -0.05) is 0 Å². The topological polar surface area (TPSA) is 66.8 Å². The fourth-order valence-electron chi connectivity index (χ4n) is 2.04. The van der Waals surface area contributed by atoms with Gasteiger partial charge >= 0.3 is 12.1 Å². The Labute approximate surface area is 111 Å². The molecule has 1 aliphatic rings. The zero-order valence-corrected chi connectivity index (χ0v) is 11.3. The number of benzene rings is 1. The van der Waals surface area contributed by atoms with Gasteiger partial charge in [0.25, 0.3) is 0 Å². The number of aromatic carboxylic acids is 1. The van der Waals surface area contributed by atoms with Crippen molar-refractivity contribution in [3.63, 3.8) is 0 Å². The molecule has 1 N–H and O–H groups in total. The van der Waals surface area contributed by atoms with E-state index < -0.39 is 17.7 Å². The lowest BCUT2D eigenvalue weighted by molar-refractivity contribution is 0.0583. The Bertz CT molecular complexity index is 531. The van der Waals surface area contributed by atoms with Crippen molar-refractivity contribution in [3.05, 3.63) is 29.3 Å². The minimum atomic E-state index is -0.960. The number of carboxylic acids is 1. The fraction of sp³-hybridized carbons (Fsp3) is 0.429. The number of rotatable bonds is 1. The van der Waals surface area contributed by atoms with Crippen LogP contribution in [0.15, 0.2) is 18.2 Å². The van der Waals surface area contributed by atoms with Crippen LogP contribution in [-0.4, -0.2) is 29.3 Å². The quantitative estimate of drug-likeness (QED) is 0.845. The Balaban J connectivity index is 2.23. The van der Waals surface area contributed by atoms with Gasteiger partial charge in [-0.2, -0.15) is 0 Å².